The molecule has 0 aliphatic carbocycles. The maximum Gasteiger partial charge on any atom is 0.410 e. The third kappa shape index (κ3) is 8.05. The lowest BCUT2D eigenvalue weighted by Crippen LogP contribution is -2.42. The van der Waals surface area contributed by atoms with E-state index in [1.54, 1.807) is 11.0 Å². The second-order valence-corrected chi connectivity index (χ2v) is 7.27. The summed E-state index contributed by atoms with van der Waals surface area (Å²) in [5, 5.41) is 0. The normalized spacial score (nSPS) is 18.4. The molecule has 1 aliphatic heterocycles. The zero-order chi connectivity index (χ0) is 18.9. The molecule has 0 saturated carbocycles. The first kappa shape index (κ1) is 21.0. The minimum absolute atomic E-state index is 0.242. The van der Waals surface area contributed by atoms with Gasteiger partial charge in [-0.25, -0.2) is 9.59 Å². The van der Waals surface area contributed by atoms with Crippen molar-refractivity contribution in [3.8, 4) is 0 Å². The molecule has 1 amide bonds. The zero-order valence-electron chi connectivity index (χ0n) is 15.8. The quantitative estimate of drug-likeness (QED) is 0.298. The van der Waals surface area contributed by atoms with Crippen LogP contribution in [0.3, 0.4) is 0 Å². The molecule has 0 bridgehead atoms. The lowest BCUT2D eigenvalue weighted by molar-refractivity contribution is -0.138. The maximum atomic E-state index is 12.2. The van der Waals surface area contributed by atoms with Crippen LogP contribution in [-0.2, 0) is 14.3 Å². The molecular formula is C20H31NO4. The molecule has 1 unspecified atom stereocenters. The highest BCUT2D eigenvalue weighted by Crippen LogP contribution is 2.22. The highest BCUT2D eigenvalue weighted by Gasteiger charge is 2.27. The monoisotopic (exact) mass is 349 g/mol. The summed E-state index contributed by atoms with van der Waals surface area (Å²) < 4.78 is 10.7. The number of allylic oxidation sites excluding steroid dienone is 2. The predicted molar refractivity (Wildman–Crippen MR) is 99.2 cm³/mol. The van der Waals surface area contributed by atoms with Gasteiger partial charge in [-0.15, -0.1) is 0 Å². The minimum Gasteiger partial charge on any atom is -0.462 e. The van der Waals surface area contributed by atoms with Crippen molar-refractivity contribution in [2.45, 2.75) is 52.1 Å². The number of nitrogens with zero attached hydrogens (tertiary/aromatic N) is 1. The van der Waals surface area contributed by atoms with Crippen LogP contribution in [0.5, 0.6) is 0 Å². The lowest BCUT2D eigenvalue weighted by atomic mass is 9.94. The van der Waals surface area contributed by atoms with Crippen LogP contribution in [0.15, 0.2) is 37.0 Å². The Balaban J connectivity index is 2.34. The number of carbonyl (C=O) groups is 2. The van der Waals surface area contributed by atoms with E-state index in [-0.39, 0.29) is 12.1 Å². The van der Waals surface area contributed by atoms with Crippen LogP contribution < -0.4 is 0 Å². The molecular weight excluding hydrogens is 318 g/mol. The van der Waals surface area contributed by atoms with E-state index in [9.17, 15) is 9.59 Å². The summed E-state index contributed by atoms with van der Waals surface area (Å²) >= 11 is 0. The van der Waals surface area contributed by atoms with Crippen molar-refractivity contribution < 1.29 is 19.1 Å². The summed E-state index contributed by atoms with van der Waals surface area (Å²) in [6.45, 7) is 14.6. The van der Waals surface area contributed by atoms with Gasteiger partial charge in [0, 0.05) is 13.1 Å². The summed E-state index contributed by atoms with van der Waals surface area (Å²) in [7, 11) is 0. The number of hydrogen-bond acceptors (Lipinski definition) is 4. The fraction of sp³-hybridized carbons (Fsp3) is 0.600. The number of hydrogen-bond donors (Lipinski definition) is 0. The highest BCUT2D eigenvalue weighted by molar-refractivity contribution is 5.91. The van der Waals surface area contributed by atoms with E-state index in [1.165, 1.54) is 12.2 Å². The van der Waals surface area contributed by atoms with E-state index in [2.05, 4.69) is 13.2 Å². The third-order valence-electron chi connectivity index (χ3n) is 3.91. The topological polar surface area (TPSA) is 55.8 Å². The van der Waals surface area contributed by atoms with Crippen LogP contribution in [0.4, 0.5) is 4.79 Å². The predicted octanol–water partition coefficient (Wildman–Crippen LogP) is 4.26. The number of likely N-dealkylation sites (tertiary alicyclic amines) is 1. The number of amides is 1. The van der Waals surface area contributed by atoms with Gasteiger partial charge in [0.1, 0.15) is 5.60 Å². The Kier molecular flexibility index (Phi) is 8.46. The van der Waals surface area contributed by atoms with Gasteiger partial charge < -0.3 is 14.4 Å². The molecule has 140 valence electrons. The van der Waals surface area contributed by atoms with Crippen LogP contribution in [0.1, 0.15) is 46.5 Å². The Bertz CT molecular complexity index is 516. The summed E-state index contributed by atoms with van der Waals surface area (Å²) in [6.07, 6.45) is 8.09. The molecule has 0 N–H and O–H groups in total. The molecule has 5 heteroatoms. The van der Waals surface area contributed by atoms with Crippen molar-refractivity contribution in [3.05, 3.63) is 37.0 Å². The van der Waals surface area contributed by atoms with Crippen molar-refractivity contribution in [3.63, 3.8) is 0 Å². The Morgan fingerprint density at radius 3 is 2.60 bits per heavy atom. The molecule has 0 radical (unpaired) electrons. The lowest BCUT2D eigenvalue weighted by Gasteiger charge is -2.34. The average molecular weight is 349 g/mol. The minimum atomic E-state index is -0.472. The van der Waals surface area contributed by atoms with E-state index in [1.807, 2.05) is 20.8 Å². The second-order valence-electron chi connectivity index (χ2n) is 7.27. The third-order valence-corrected chi connectivity index (χ3v) is 3.91. The van der Waals surface area contributed by atoms with Crippen LogP contribution >= 0.6 is 0 Å². The second kappa shape index (κ2) is 10.1. The molecule has 25 heavy (non-hydrogen) atoms. The summed E-state index contributed by atoms with van der Waals surface area (Å²) in [5.74, 6) is 0.0384. The van der Waals surface area contributed by atoms with Crippen LogP contribution in [0, 0.1) is 5.92 Å². The largest absolute Gasteiger partial charge is 0.462 e. The SMILES string of the molecule is C=C/C=C(\C=C)C(=O)OCCCC1CCCN(C(=O)OC(C)(C)C)C1. The maximum absolute atomic E-state index is 12.2. The van der Waals surface area contributed by atoms with Crippen molar-refractivity contribution in [1.82, 2.24) is 4.90 Å². The summed E-state index contributed by atoms with van der Waals surface area (Å²) in [5.41, 5.74) is -0.0659. The summed E-state index contributed by atoms with van der Waals surface area (Å²) in [4.78, 5) is 25.8. The molecule has 1 saturated heterocycles. The van der Waals surface area contributed by atoms with Gasteiger partial charge in [0.25, 0.3) is 0 Å². The molecule has 0 aromatic rings. The Morgan fingerprint density at radius 2 is 2.00 bits per heavy atom. The van der Waals surface area contributed by atoms with E-state index < -0.39 is 5.60 Å². The van der Waals surface area contributed by atoms with E-state index >= 15 is 0 Å². The Hall–Kier alpha value is -2.04. The molecule has 1 rings (SSSR count). The summed E-state index contributed by atoms with van der Waals surface area (Å²) in [6, 6.07) is 0. The number of rotatable bonds is 7. The molecule has 1 aliphatic rings. The van der Waals surface area contributed by atoms with Crippen LogP contribution in [-0.4, -0.2) is 42.3 Å². The van der Waals surface area contributed by atoms with E-state index in [0.717, 1.165) is 32.2 Å². The molecule has 1 heterocycles. The number of esters is 1. The number of ether oxygens (including phenoxy) is 2. The van der Waals surface area contributed by atoms with Crippen molar-refractivity contribution in [1.29, 1.82) is 0 Å². The van der Waals surface area contributed by atoms with Gasteiger partial charge in [0.05, 0.1) is 12.2 Å². The van der Waals surface area contributed by atoms with Crippen molar-refractivity contribution >= 4 is 12.1 Å². The number of carbonyl (C=O) groups excluding carboxylic acids is 2. The van der Waals surface area contributed by atoms with Gasteiger partial charge in [0.15, 0.2) is 0 Å². The fourth-order valence-electron chi connectivity index (χ4n) is 2.76. The van der Waals surface area contributed by atoms with Crippen LogP contribution in [0.25, 0.3) is 0 Å². The van der Waals surface area contributed by atoms with Crippen LogP contribution in [0.2, 0.25) is 0 Å². The first-order valence-corrected chi connectivity index (χ1v) is 8.87. The van der Waals surface area contributed by atoms with Gasteiger partial charge in [-0.3, -0.25) is 0 Å². The Labute approximate surface area is 151 Å². The average Bonchev–Trinajstić information content (AvgIpc) is 2.55. The van der Waals surface area contributed by atoms with Crippen molar-refractivity contribution in [2.24, 2.45) is 5.92 Å². The van der Waals surface area contributed by atoms with Gasteiger partial charge >= 0.3 is 12.1 Å². The highest BCUT2D eigenvalue weighted by atomic mass is 16.6. The molecule has 0 aromatic heterocycles. The fourth-order valence-corrected chi connectivity index (χ4v) is 2.76. The van der Waals surface area contributed by atoms with Crippen molar-refractivity contribution in [2.75, 3.05) is 19.7 Å². The van der Waals surface area contributed by atoms with E-state index in [0.29, 0.717) is 24.6 Å². The Morgan fingerprint density at radius 1 is 1.28 bits per heavy atom. The molecule has 1 atom stereocenters. The zero-order valence-corrected chi connectivity index (χ0v) is 15.8. The van der Waals surface area contributed by atoms with Gasteiger partial charge in [-0.05, 0) is 58.4 Å². The smallest absolute Gasteiger partial charge is 0.410 e. The van der Waals surface area contributed by atoms with Gasteiger partial charge in [-0.2, -0.15) is 0 Å². The first-order chi connectivity index (χ1) is 11.8. The molecule has 0 spiro atoms. The van der Waals surface area contributed by atoms with Gasteiger partial charge in [-0.1, -0.05) is 25.3 Å². The molecule has 1 fully saturated rings. The number of piperidine rings is 1. The standard InChI is InChI=1S/C20H31NO4/c1-6-10-17(7-2)18(22)24-14-9-12-16-11-8-13-21(15-16)19(23)25-20(3,4)5/h6-7,10,16H,1-2,8-9,11-15H2,3-5H3/b17-10+. The first-order valence-electron chi connectivity index (χ1n) is 8.87. The van der Waals surface area contributed by atoms with E-state index in [4.69, 9.17) is 9.47 Å². The molecule has 5 nitrogen and oxygen atoms in total. The van der Waals surface area contributed by atoms with Gasteiger partial charge in [0.2, 0.25) is 0 Å². The molecule has 0 aromatic carbocycles.